The summed E-state index contributed by atoms with van der Waals surface area (Å²) in [4.78, 5) is 23.4. The first-order valence-electron chi connectivity index (χ1n) is 5.83. The van der Waals surface area contributed by atoms with Crippen molar-refractivity contribution in [2.75, 3.05) is 21.3 Å². The summed E-state index contributed by atoms with van der Waals surface area (Å²) in [5, 5.41) is 18.4. The first-order chi connectivity index (χ1) is 9.98. The number of carboxylic acids is 1. The molecule has 0 saturated heterocycles. The fourth-order valence-electron chi connectivity index (χ4n) is 2.08. The van der Waals surface area contributed by atoms with Gasteiger partial charge in [0.05, 0.1) is 19.4 Å². The van der Waals surface area contributed by atoms with E-state index in [2.05, 4.69) is 4.74 Å². The number of carbonyl (C=O) groups excluding carboxylic acids is 1. The van der Waals surface area contributed by atoms with Gasteiger partial charge < -0.3 is 23.7 Å². The van der Waals surface area contributed by atoms with Crippen LogP contribution in [-0.4, -0.2) is 44.2 Å². The minimum atomic E-state index is -2.12. The Morgan fingerprint density at radius 3 is 2.33 bits per heavy atom. The predicted octanol–water partition coefficient (Wildman–Crippen LogP) is 0.750. The van der Waals surface area contributed by atoms with Gasteiger partial charge in [-0.3, -0.25) is 4.79 Å². The fourth-order valence-corrected chi connectivity index (χ4v) is 2.08. The van der Waals surface area contributed by atoms with Crippen molar-refractivity contribution < 1.29 is 33.3 Å². The van der Waals surface area contributed by atoms with Gasteiger partial charge in [0.2, 0.25) is 0 Å². The van der Waals surface area contributed by atoms with Crippen molar-refractivity contribution >= 4 is 11.9 Å². The Kier molecular flexibility index (Phi) is 5.46. The number of carboxylic acid groups (broad SMARTS) is 1. The summed E-state index contributed by atoms with van der Waals surface area (Å²) in [7, 11) is 3.38. The van der Waals surface area contributed by atoms with E-state index in [0.717, 1.165) is 21.3 Å². The number of methoxy groups -OCH3 is 3. The molecule has 1 heterocycles. The number of rotatable bonds is 7. The van der Waals surface area contributed by atoms with E-state index in [1.165, 1.54) is 18.4 Å². The molecular formula is C13H15NO7. The molecule has 0 aliphatic rings. The normalized spacial score (nSPS) is 14.0. The van der Waals surface area contributed by atoms with E-state index in [9.17, 15) is 14.7 Å². The van der Waals surface area contributed by atoms with Gasteiger partial charge in [-0.25, -0.2) is 4.79 Å². The highest BCUT2D eigenvalue weighted by Gasteiger charge is 2.56. The highest BCUT2D eigenvalue weighted by atomic mass is 16.7. The van der Waals surface area contributed by atoms with E-state index < -0.39 is 29.6 Å². The Balaban J connectivity index is 3.51. The van der Waals surface area contributed by atoms with E-state index in [4.69, 9.17) is 19.2 Å². The van der Waals surface area contributed by atoms with Crippen molar-refractivity contribution in [3.05, 3.63) is 24.2 Å². The first-order valence-corrected chi connectivity index (χ1v) is 5.83. The molecule has 8 nitrogen and oxygen atoms in total. The number of hydrogen-bond acceptors (Lipinski definition) is 7. The van der Waals surface area contributed by atoms with Crippen molar-refractivity contribution in [3.8, 4) is 6.07 Å². The van der Waals surface area contributed by atoms with Gasteiger partial charge in [-0.15, -0.1) is 0 Å². The molecule has 0 radical (unpaired) electrons. The van der Waals surface area contributed by atoms with Crippen LogP contribution in [0.2, 0.25) is 0 Å². The first kappa shape index (κ1) is 16.7. The number of nitriles is 1. The summed E-state index contributed by atoms with van der Waals surface area (Å²) in [6.45, 7) is 0. The molecular weight excluding hydrogens is 282 g/mol. The van der Waals surface area contributed by atoms with Crippen LogP contribution in [0.4, 0.5) is 0 Å². The van der Waals surface area contributed by atoms with Crippen molar-refractivity contribution in [1.82, 2.24) is 0 Å². The maximum absolute atomic E-state index is 12.1. The van der Waals surface area contributed by atoms with E-state index >= 15 is 0 Å². The molecule has 0 spiro atoms. The number of esters is 1. The average molecular weight is 297 g/mol. The van der Waals surface area contributed by atoms with Crippen molar-refractivity contribution in [2.24, 2.45) is 5.92 Å². The molecule has 1 aromatic rings. The lowest BCUT2D eigenvalue weighted by Gasteiger charge is -2.35. The van der Waals surface area contributed by atoms with Crippen LogP contribution >= 0.6 is 0 Å². The summed E-state index contributed by atoms with van der Waals surface area (Å²) >= 11 is 0. The zero-order valence-electron chi connectivity index (χ0n) is 11.7. The highest BCUT2D eigenvalue weighted by molar-refractivity contribution is 5.82. The minimum Gasteiger partial charge on any atom is -0.480 e. The number of hydrogen-bond donors (Lipinski definition) is 1. The zero-order valence-corrected chi connectivity index (χ0v) is 11.7. The van der Waals surface area contributed by atoms with Gasteiger partial charge >= 0.3 is 11.9 Å². The summed E-state index contributed by atoms with van der Waals surface area (Å²) in [5.41, 5.74) is 0. The molecule has 0 bridgehead atoms. The third-order valence-corrected chi connectivity index (χ3v) is 3.07. The molecule has 8 heteroatoms. The van der Waals surface area contributed by atoms with Gasteiger partial charge in [0.15, 0.2) is 5.92 Å². The van der Waals surface area contributed by atoms with Crippen LogP contribution in [0.5, 0.6) is 0 Å². The summed E-state index contributed by atoms with van der Waals surface area (Å²) in [5.74, 6) is -7.48. The summed E-state index contributed by atoms with van der Waals surface area (Å²) in [6, 6.07) is 4.53. The molecule has 1 rings (SSSR count). The third-order valence-electron chi connectivity index (χ3n) is 3.07. The van der Waals surface area contributed by atoms with Crippen LogP contribution in [0.15, 0.2) is 22.8 Å². The van der Waals surface area contributed by atoms with Crippen LogP contribution in [0, 0.1) is 17.2 Å². The molecule has 0 aliphatic carbocycles. The largest absolute Gasteiger partial charge is 0.480 e. The average Bonchev–Trinajstić information content (AvgIpc) is 3.00. The number of aliphatic carboxylic acids is 1. The van der Waals surface area contributed by atoms with E-state index in [1.54, 1.807) is 6.07 Å². The standard InChI is InChI=1S/C13H15NO7/c1-18-12(17)13(19-2,20-3)10(8(7-14)11(15)16)9-5-4-6-21-9/h4-6,8,10H,1-3H3,(H,15,16)/t8-,10-/m0/s1. The minimum absolute atomic E-state index is 0.0538. The Bertz CT molecular complexity index is 527. The second-order valence-corrected chi connectivity index (χ2v) is 4.01. The van der Waals surface area contributed by atoms with Crippen LogP contribution < -0.4 is 0 Å². The molecule has 21 heavy (non-hydrogen) atoms. The molecule has 0 unspecified atom stereocenters. The number of carbonyl (C=O) groups is 2. The van der Waals surface area contributed by atoms with Gasteiger partial charge in [-0.2, -0.15) is 5.26 Å². The second kappa shape index (κ2) is 6.88. The second-order valence-electron chi connectivity index (χ2n) is 4.01. The lowest BCUT2D eigenvalue weighted by molar-refractivity contribution is -0.242. The monoisotopic (exact) mass is 297 g/mol. The van der Waals surface area contributed by atoms with Crippen molar-refractivity contribution in [3.63, 3.8) is 0 Å². The smallest absolute Gasteiger partial charge is 0.367 e. The van der Waals surface area contributed by atoms with E-state index in [0.29, 0.717) is 0 Å². The molecule has 114 valence electrons. The number of furan rings is 1. The molecule has 0 aliphatic heterocycles. The Morgan fingerprint density at radius 2 is 2.00 bits per heavy atom. The van der Waals surface area contributed by atoms with E-state index in [-0.39, 0.29) is 5.76 Å². The molecule has 0 aromatic carbocycles. The quantitative estimate of drug-likeness (QED) is 0.578. The van der Waals surface area contributed by atoms with Crippen molar-refractivity contribution in [2.45, 2.75) is 11.7 Å². The lowest BCUT2D eigenvalue weighted by Crippen LogP contribution is -2.52. The van der Waals surface area contributed by atoms with Crippen LogP contribution in [0.25, 0.3) is 0 Å². The van der Waals surface area contributed by atoms with Gasteiger partial charge in [-0.1, -0.05) is 0 Å². The fraction of sp³-hybridized carbons (Fsp3) is 0.462. The Morgan fingerprint density at radius 1 is 1.38 bits per heavy atom. The zero-order chi connectivity index (χ0) is 16.0. The molecule has 0 fully saturated rings. The van der Waals surface area contributed by atoms with Gasteiger partial charge in [0.25, 0.3) is 5.79 Å². The van der Waals surface area contributed by atoms with Gasteiger partial charge in [0.1, 0.15) is 11.7 Å². The highest BCUT2D eigenvalue weighted by Crippen LogP contribution is 2.39. The SMILES string of the molecule is COC(=O)C(OC)(OC)[C@H](c1ccco1)[C@H](C#N)C(=O)O. The maximum Gasteiger partial charge on any atom is 0.367 e. The summed E-state index contributed by atoms with van der Waals surface area (Å²) in [6.07, 6.45) is 1.28. The molecule has 0 amide bonds. The molecule has 2 atom stereocenters. The summed E-state index contributed by atoms with van der Waals surface area (Å²) < 4.78 is 19.9. The topological polar surface area (TPSA) is 119 Å². The van der Waals surface area contributed by atoms with Crippen LogP contribution in [-0.2, 0) is 23.8 Å². The van der Waals surface area contributed by atoms with Gasteiger partial charge in [-0.05, 0) is 12.1 Å². The number of nitrogens with zero attached hydrogens (tertiary/aromatic N) is 1. The van der Waals surface area contributed by atoms with E-state index in [1.807, 2.05) is 0 Å². The van der Waals surface area contributed by atoms with Crippen LogP contribution in [0.1, 0.15) is 11.7 Å². The molecule has 1 aromatic heterocycles. The molecule has 0 saturated carbocycles. The van der Waals surface area contributed by atoms with Crippen molar-refractivity contribution in [1.29, 1.82) is 5.26 Å². The maximum atomic E-state index is 12.1. The Hall–Kier alpha value is -2.37. The lowest BCUT2D eigenvalue weighted by atomic mass is 9.83. The third kappa shape index (κ3) is 2.89. The van der Waals surface area contributed by atoms with Gasteiger partial charge in [0, 0.05) is 14.2 Å². The number of ether oxygens (including phenoxy) is 3. The Labute approximate surface area is 120 Å². The van der Waals surface area contributed by atoms with Crippen LogP contribution in [0.3, 0.4) is 0 Å². The molecule has 1 N–H and O–H groups in total. The predicted molar refractivity (Wildman–Crippen MR) is 67.0 cm³/mol.